The largest absolute Gasteiger partial charge is 0.415 e. The van der Waals surface area contributed by atoms with Crippen molar-refractivity contribution in [1.82, 2.24) is 15.2 Å². The van der Waals surface area contributed by atoms with E-state index in [2.05, 4.69) is 49.3 Å². The Kier molecular flexibility index (Phi) is 5.40. The summed E-state index contributed by atoms with van der Waals surface area (Å²) < 4.78 is 9.00. The van der Waals surface area contributed by atoms with Crippen LogP contribution < -0.4 is 0 Å². The molecule has 0 N–H and O–H groups in total. The molecule has 0 saturated carbocycles. The van der Waals surface area contributed by atoms with Gasteiger partial charge in [-0.25, -0.2) is 4.98 Å². The predicted molar refractivity (Wildman–Crippen MR) is 107 cm³/mol. The number of nitrogens with zero attached hydrogens (tertiary/aromatic N) is 3. The fourth-order valence-electron chi connectivity index (χ4n) is 2.16. The molecule has 126 valence electrons. The summed E-state index contributed by atoms with van der Waals surface area (Å²) in [6, 6.07) is 16.3. The maximum atomic E-state index is 5.72. The Morgan fingerprint density at radius 2 is 1.92 bits per heavy atom. The van der Waals surface area contributed by atoms with Crippen molar-refractivity contribution in [2.75, 3.05) is 0 Å². The van der Waals surface area contributed by atoms with Gasteiger partial charge in [0.2, 0.25) is 5.89 Å². The van der Waals surface area contributed by atoms with E-state index in [9.17, 15) is 0 Å². The zero-order chi connectivity index (χ0) is 17.1. The van der Waals surface area contributed by atoms with Crippen molar-refractivity contribution in [2.45, 2.75) is 21.1 Å². The van der Waals surface area contributed by atoms with Gasteiger partial charge in [0.1, 0.15) is 0 Å². The number of rotatable bonds is 6. The summed E-state index contributed by atoms with van der Waals surface area (Å²) in [6.45, 7) is 0. The van der Waals surface area contributed by atoms with E-state index < -0.39 is 0 Å². The lowest BCUT2D eigenvalue weighted by molar-refractivity contribution is 0.426. The molecule has 0 fully saturated rings. The quantitative estimate of drug-likeness (QED) is 0.335. The number of thioether (sulfide) groups is 2. The molecule has 8 heteroatoms. The SMILES string of the molecule is Brc1cccc(CSc2nnc(CSc3nc4ccccc4s3)o2)c1. The molecule has 4 rings (SSSR count). The second-order valence-corrected chi connectivity index (χ2v) is 9.21. The van der Waals surface area contributed by atoms with Crippen LogP contribution in [0.15, 0.2) is 67.0 Å². The number of para-hydroxylation sites is 1. The van der Waals surface area contributed by atoms with E-state index in [1.54, 1.807) is 34.9 Å². The number of hydrogen-bond donors (Lipinski definition) is 0. The van der Waals surface area contributed by atoms with Crippen molar-refractivity contribution in [3.05, 3.63) is 64.5 Å². The van der Waals surface area contributed by atoms with E-state index in [4.69, 9.17) is 4.42 Å². The molecule has 0 radical (unpaired) electrons. The van der Waals surface area contributed by atoms with Gasteiger partial charge in [0.05, 0.1) is 16.0 Å². The van der Waals surface area contributed by atoms with Crippen molar-refractivity contribution < 1.29 is 4.42 Å². The highest BCUT2D eigenvalue weighted by molar-refractivity contribution is 9.10. The van der Waals surface area contributed by atoms with Gasteiger partial charge in [-0.05, 0) is 29.8 Å². The van der Waals surface area contributed by atoms with E-state index >= 15 is 0 Å². The maximum absolute atomic E-state index is 5.72. The van der Waals surface area contributed by atoms with Gasteiger partial charge in [0, 0.05) is 10.2 Å². The summed E-state index contributed by atoms with van der Waals surface area (Å²) in [5.41, 5.74) is 2.24. The Balaban J connectivity index is 1.34. The molecule has 0 bridgehead atoms. The minimum Gasteiger partial charge on any atom is -0.415 e. The number of hydrogen-bond acceptors (Lipinski definition) is 7. The molecular weight excluding hydrogens is 438 g/mol. The first-order valence-electron chi connectivity index (χ1n) is 7.44. The molecular formula is C17H12BrN3OS3. The molecule has 2 heterocycles. The van der Waals surface area contributed by atoms with Crippen LogP contribution in [0, 0.1) is 0 Å². The third kappa shape index (κ3) is 4.44. The van der Waals surface area contributed by atoms with Crippen LogP contribution >= 0.6 is 50.8 Å². The summed E-state index contributed by atoms with van der Waals surface area (Å²) in [6.07, 6.45) is 0. The molecule has 2 aromatic carbocycles. The fourth-order valence-corrected chi connectivity index (χ4v) is 5.24. The van der Waals surface area contributed by atoms with E-state index in [-0.39, 0.29) is 0 Å². The lowest BCUT2D eigenvalue weighted by Gasteiger charge is -1.98. The third-order valence-corrected chi connectivity index (χ3v) is 6.84. The number of thiazole rings is 1. The van der Waals surface area contributed by atoms with Gasteiger partial charge in [-0.2, -0.15) is 0 Å². The molecule has 0 unspecified atom stereocenters. The molecule has 0 spiro atoms. The normalized spacial score (nSPS) is 11.2. The molecule has 2 aromatic heterocycles. The first-order chi connectivity index (χ1) is 12.3. The molecule has 0 aliphatic heterocycles. The molecule has 4 nitrogen and oxygen atoms in total. The van der Waals surface area contributed by atoms with Crippen molar-refractivity contribution in [1.29, 1.82) is 0 Å². The molecule has 4 aromatic rings. The first-order valence-corrected chi connectivity index (χ1v) is 11.0. The van der Waals surface area contributed by atoms with Crippen LogP contribution in [0.1, 0.15) is 11.5 Å². The third-order valence-electron chi connectivity index (χ3n) is 3.29. The fraction of sp³-hybridized carbons (Fsp3) is 0.118. The molecule has 0 aliphatic carbocycles. The monoisotopic (exact) mass is 449 g/mol. The number of benzene rings is 2. The van der Waals surface area contributed by atoms with Gasteiger partial charge in [-0.1, -0.05) is 63.7 Å². The van der Waals surface area contributed by atoms with Crippen molar-refractivity contribution in [2.24, 2.45) is 0 Å². The van der Waals surface area contributed by atoms with Crippen LogP contribution in [-0.2, 0) is 11.5 Å². The zero-order valence-electron chi connectivity index (χ0n) is 12.9. The van der Waals surface area contributed by atoms with Crippen LogP contribution in [0.2, 0.25) is 0 Å². The highest BCUT2D eigenvalue weighted by Gasteiger charge is 2.10. The first kappa shape index (κ1) is 17.1. The van der Waals surface area contributed by atoms with Gasteiger partial charge in [0.15, 0.2) is 4.34 Å². The predicted octanol–water partition coefficient (Wildman–Crippen LogP) is 6.03. The number of fused-ring (bicyclic) bond motifs is 1. The summed E-state index contributed by atoms with van der Waals surface area (Å²) in [5.74, 6) is 2.05. The van der Waals surface area contributed by atoms with E-state index in [0.29, 0.717) is 16.9 Å². The highest BCUT2D eigenvalue weighted by atomic mass is 79.9. The second kappa shape index (κ2) is 7.90. The Bertz CT molecular complexity index is 968. The van der Waals surface area contributed by atoms with Crippen LogP contribution in [0.3, 0.4) is 0 Å². The van der Waals surface area contributed by atoms with Gasteiger partial charge in [-0.15, -0.1) is 21.5 Å². The number of aromatic nitrogens is 3. The molecule has 0 amide bonds. The summed E-state index contributed by atoms with van der Waals surface area (Å²) in [5, 5.41) is 8.83. The average Bonchev–Trinajstić information content (AvgIpc) is 3.24. The molecule has 0 aliphatic rings. The van der Waals surface area contributed by atoms with E-state index in [0.717, 1.165) is 20.1 Å². The topological polar surface area (TPSA) is 51.8 Å². The van der Waals surface area contributed by atoms with Crippen LogP contribution in [0.25, 0.3) is 10.2 Å². The lowest BCUT2D eigenvalue weighted by atomic mass is 10.2. The molecule has 0 saturated heterocycles. The Labute approximate surface area is 165 Å². The van der Waals surface area contributed by atoms with Gasteiger partial charge >= 0.3 is 0 Å². The smallest absolute Gasteiger partial charge is 0.276 e. The van der Waals surface area contributed by atoms with E-state index in [1.807, 2.05) is 30.3 Å². The van der Waals surface area contributed by atoms with Crippen LogP contribution in [0.4, 0.5) is 0 Å². The Morgan fingerprint density at radius 1 is 1.00 bits per heavy atom. The lowest BCUT2D eigenvalue weighted by Crippen LogP contribution is -1.80. The summed E-state index contributed by atoms with van der Waals surface area (Å²) >= 11 is 8.33. The summed E-state index contributed by atoms with van der Waals surface area (Å²) in [7, 11) is 0. The molecule has 0 atom stereocenters. The van der Waals surface area contributed by atoms with E-state index in [1.165, 1.54) is 10.3 Å². The number of halogens is 1. The molecule has 25 heavy (non-hydrogen) atoms. The Morgan fingerprint density at radius 3 is 2.80 bits per heavy atom. The minimum absolute atomic E-state index is 0.597. The average molecular weight is 450 g/mol. The van der Waals surface area contributed by atoms with Crippen LogP contribution in [0.5, 0.6) is 0 Å². The van der Waals surface area contributed by atoms with Crippen molar-refractivity contribution in [3.63, 3.8) is 0 Å². The van der Waals surface area contributed by atoms with Crippen molar-refractivity contribution in [3.8, 4) is 0 Å². The Hall–Kier alpha value is -1.35. The van der Waals surface area contributed by atoms with Gasteiger partial charge in [-0.3, -0.25) is 0 Å². The standard InChI is InChI=1S/C17H12BrN3OS3/c18-12-5-3-4-11(8-12)9-23-16-21-20-15(22-16)10-24-17-19-13-6-1-2-7-14(13)25-17/h1-8H,9-10H2. The van der Waals surface area contributed by atoms with Crippen LogP contribution in [-0.4, -0.2) is 15.2 Å². The zero-order valence-corrected chi connectivity index (χ0v) is 16.9. The van der Waals surface area contributed by atoms with Gasteiger partial charge < -0.3 is 4.42 Å². The second-order valence-electron chi connectivity index (χ2n) is 5.12. The van der Waals surface area contributed by atoms with Gasteiger partial charge in [0.25, 0.3) is 5.22 Å². The minimum atomic E-state index is 0.597. The maximum Gasteiger partial charge on any atom is 0.276 e. The highest BCUT2D eigenvalue weighted by Crippen LogP contribution is 2.31. The van der Waals surface area contributed by atoms with Crippen molar-refractivity contribution >= 4 is 61.0 Å². The summed E-state index contributed by atoms with van der Waals surface area (Å²) in [4.78, 5) is 4.60.